The molecule has 4 N–H and O–H groups in total. The van der Waals surface area contributed by atoms with Crippen molar-refractivity contribution < 1.29 is 20.4 Å². The summed E-state index contributed by atoms with van der Waals surface area (Å²) in [5.41, 5.74) is 0.764. The van der Waals surface area contributed by atoms with Gasteiger partial charge in [0.15, 0.2) is 23.0 Å². The molecular formula is C22H14O4. The van der Waals surface area contributed by atoms with Gasteiger partial charge in [0.1, 0.15) is 11.1 Å². The molecular weight excluding hydrogens is 328 g/mol. The van der Waals surface area contributed by atoms with Crippen LogP contribution in [0.15, 0.2) is 60.7 Å². The van der Waals surface area contributed by atoms with Crippen LogP contribution in [0.2, 0.25) is 0 Å². The van der Waals surface area contributed by atoms with Crippen molar-refractivity contribution >= 4 is 0 Å². The standard InChI is InChI=1S/C22H14O4/c23-19-17(13-11-15-7-3-1-4-8-15)20(24)22(26)18(21(19)25)14-12-16-9-5-2-6-10-16/h1-10,23-26H. The Balaban J connectivity index is 2.06. The summed E-state index contributed by atoms with van der Waals surface area (Å²) in [5, 5.41) is 40.7. The average Bonchev–Trinajstić information content (AvgIpc) is 2.68. The average molecular weight is 342 g/mol. The topological polar surface area (TPSA) is 80.9 Å². The maximum Gasteiger partial charge on any atom is 0.178 e. The third-order valence-corrected chi connectivity index (χ3v) is 3.61. The van der Waals surface area contributed by atoms with E-state index < -0.39 is 23.0 Å². The predicted octanol–water partition coefficient (Wildman–Crippen LogP) is 3.31. The molecule has 0 aromatic heterocycles. The van der Waals surface area contributed by atoms with E-state index >= 15 is 0 Å². The van der Waals surface area contributed by atoms with Crippen LogP contribution in [0, 0.1) is 23.7 Å². The number of hydrogen-bond donors (Lipinski definition) is 4. The molecule has 0 aliphatic heterocycles. The number of hydrogen-bond acceptors (Lipinski definition) is 4. The zero-order chi connectivity index (χ0) is 18.5. The minimum atomic E-state index is -0.638. The molecule has 126 valence electrons. The quantitative estimate of drug-likeness (QED) is 0.287. The lowest BCUT2D eigenvalue weighted by Gasteiger charge is -2.08. The predicted molar refractivity (Wildman–Crippen MR) is 97.9 cm³/mol. The summed E-state index contributed by atoms with van der Waals surface area (Å²) in [5.74, 6) is 8.06. The summed E-state index contributed by atoms with van der Waals surface area (Å²) in [4.78, 5) is 0. The molecule has 0 aliphatic rings. The van der Waals surface area contributed by atoms with E-state index in [4.69, 9.17) is 0 Å². The third kappa shape index (κ3) is 3.40. The van der Waals surface area contributed by atoms with Gasteiger partial charge in [-0.15, -0.1) is 0 Å². The van der Waals surface area contributed by atoms with Gasteiger partial charge in [-0.25, -0.2) is 0 Å². The molecule has 0 fully saturated rings. The van der Waals surface area contributed by atoms with Crippen LogP contribution >= 0.6 is 0 Å². The first kappa shape index (κ1) is 16.8. The summed E-state index contributed by atoms with van der Waals surface area (Å²) in [6.07, 6.45) is 0. The van der Waals surface area contributed by atoms with Gasteiger partial charge in [0.2, 0.25) is 0 Å². The van der Waals surface area contributed by atoms with Crippen molar-refractivity contribution in [1.29, 1.82) is 0 Å². The summed E-state index contributed by atoms with van der Waals surface area (Å²) >= 11 is 0. The van der Waals surface area contributed by atoms with Crippen LogP contribution in [0.4, 0.5) is 0 Å². The van der Waals surface area contributed by atoms with Crippen LogP contribution in [0.3, 0.4) is 0 Å². The zero-order valence-corrected chi connectivity index (χ0v) is 13.6. The van der Waals surface area contributed by atoms with Crippen molar-refractivity contribution in [2.75, 3.05) is 0 Å². The summed E-state index contributed by atoms with van der Waals surface area (Å²) in [6.45, 7) is 0. The van der Waals surface area contributed by atoms with Gasteiger partial charge in [-0.1, -0.05) is 60.1 Å². The highest BCUT2D eigenvalue weighted by molar-refractivity contribution is 5.73. The summed E-state index contributed by atoms with van der Waals surface area (Å²) in [6, 6.07) is 17.8. The normalized spacial score (nSPS) is 9.54. The molecule has 3 aromatic rings. The molecule has 0 amide bonds. The van der Waals surface area contributed by atoms with Gasteiger partial charge < -0.3 is 20.4 Å². The lowest BCUT2D eigenvalue weighted by atomic mass is 10.0. The van der Waals surface area contributed by atoms with E-state index in [1.165, 1.54) is 0 Å². The van der Waals surface area contributed by atoms with Crippen molar-refractivity contribution in [3.8, 4) is 46.7 Å². The van der Waals surface area contributed by atoms with Crippen LogP contribution in [0.5, 0.6) is 23.0 Å². The lowest BCUT2D eigenvalue weighted by molar-refractivity contribution is 0.369. The van der Waals surface area contributed by atoms with Crippen LogP contribution in [0.25, 0.3) is 0 Å². The van der Waals surface area contributed by atoms with Crippen LogP contribution < -0.4 is 0 Å². The van der Waals surface area contributed by atoms with Crippen molar-refractivity contribution in [3.63, 3.8) is 0 Å². The van der Waals surface area contributed by atoms with Crippen molar-refractivity contribution in [2.24, 2.45) is 0 Å². The van der Waals surface area contributed by atoms with Gasteiger partial charge in [-0.05, 0) is 24.3 Å². The Morgan fingerprint density at radius 1 is 0.423 bits per heavy atom. The van der Waals surface area contributed by atoms with E-state index in [0.717, 1.165) is 0 Å². The first-order valence-corrected chi connectivity index (χ1v) is 7.72. The SMILES string of the molecule is Oc1c(O)c(C#Cc2ccccc2)c(O)c(O)c1C#Cc1ccccc1. The monoisotopic (exact) mass is 342 g/mol. The number of phenols is 4. The molecule has 0 bridgehead atoms. The Labute approximate surface area is 150 Å². The fraction of sp³-hybridized carbons (Fsp3) is 0. The van der Waals surface area contributed by atoms with E-state index in [1.807, 2.05) is 12.1 Å². The van der Waals surface area contributed by atoms with E-state index in [-0.39, 0.29) is 11.1 Å². The zero-order valence-electron chi connectivity index (χ0n) is 13.6. The first-order chi connectivity index (χ1) is 12.6. The van der Waals surface area contributed by atoms with Crippen molar-refractivity contribution in [1.82, 2.24) is 0 Å². The summed E-state index contributed by atoms with van der Waals surface area (Å²) < 4.78 is 0. The largest absolute Gasteiger partial charge is 0.503 e. The second-order valence-corrected chi connectivity index (χ2v) is 5.38. The highest BCUT2D eigenvalue weighted by Gasteiger charge is 2.21. The molecule has 0 atom stereocenters. The van der Waals surface area contributed by atoms with Crippen LogP contribution in [-0.2, 0) is 0 Å². The molecule has 0 spiro atoms. The molecule has 0 radical (unpaired) electrons. The highest BCUT2D eigenvalue weighted by Crippen LogP contribution is 2.45. The van der Waals surface area contributed by atoms with Crippen molar-refractivity contribution in [3.05, 3.63) is 82.9 Å². The van der Waals surface area contributed by atoms with Gasteiger partial charge in [0.05, 0.1) is 0 Å². The molecule has 0 aliphatic carbocycles. The molecule has 0 saturated heterocycles. The molecule has 0 unspecified atom stereocenters. The number of benzene rings is 3. The fourth-order valence-electron chi connectivity index (χ4n) is 2.25. The van der Waals surface area contributed by atoms with Gasteiger partial charge in [0, 0.05) is 11.1 Å². The minimum absolute atomic E-state index is 0.269. The van der Waals surface area contributed by atoms with E-state index in [1.54, 1.807) is 48.5 Å². The van der Waals surface area contributed by atoms with Gasteiger partial charge in [-0.3, -0.25) is 0 Å². The Morgan fingerprint density at radius 2 is 0.731 bits per heavy atom. The second kappa shape index (κ2) is 7.25. The third-order valence-electron chi connectivity index (χ3n) is 3.61. The molecule has 0 heterocycles. The Morgan fingerprint density at radius 3 is 1.04 bits per heavy atom. The van der Waals surface area contributed by atoms with Gasteiger partial charge in [-0.2, -0.15) is 0 Å². The van der Waals surface area contributed by atoms with Crippen molar-refractivity contribution in [2.45, 2.75) is 0 Å². The highest BCUT2D eigenvalue weighted by atomic mass is 16.3. The minimum Gasteiger partial charge on any atom is -0.503 e. The maximum atomic E-state index is 10.2. The number of phenolic OH excluding ortho intramolecular Hbond substituents is 4. The van der Waals surface area contributed by atoms with E-state index in [0.29, 0.717) is 11.1 Å². The first-order valence-electron chi connectivity index (χ1n) is 7.72. The van der Waals surface area contributed by atoms with Gasteiger partial charge >= 0.3 is 0 Å². The Bertz CT molecular complexity index is 946. The smallest absolute Gasteiger partial charge is 0.178 e. The molecule has 3 rings (SSSR count). The molecule has 26 heavy (non-hydrogen) atoms. The Hall–Kier alpha value is -4.02. The van der Waals surface area contributed by atoms with E-state index in [9.17, 15) is 20.4 Å². The lowest BCUT2D eigenvalue weighted by Crippen LogP contribution is -1.88. The molecule has 0 saturated carbocycles. The Kier molecular flexibility index (Phi) is 4.69. The van der Waals surface area contributed by atoms with Crippen LogP contribution in [-0.4, -0.2) is 20.4 Å². The van der Waals surface area contributed by atoms with Gasteiger partial charge in [0.25, 0.3) is 0 Å². The molecule has 3 aromatic carbocycles. The summed E-state index contributed by atoms with van der Waals surface area (Å²) in [7, 11) is 0. The molecule has 4 heteroatoms. The maximum absolute atomic E-state index is 10.2. The second-order valence-electron chi connectivity index (χ2n) is 5.38. The van der Waals surface area contributed by atoms with Crippen LogP contribution in [0.1, 0.15) is 22.3 Å². The fourth-order valence-corrected chi connectivity index (χ4v) is 2.25. The number of rotatable bonds is 0. The number of aromatic hydroxyl groups is 4. The molecule has 4 nitrogen and oxygen atoms in total. The van der Waals surface area contributed by atoms with E-state index in [2.05, 4.69) is 23.7 Å².